The molecule has 5 nitrogen and oxygen atoms in total. The Balaban J connectivity index is 1.87. The Morgan fingerprint density at radius 3 is 2.92 bits per heavy atom. The van der Waals surface area contributed by atoms with Crippen molar-refractivity contribution in [2.45, 2.75) is 25.8 Å². The number of hydrogen-bond donors (Lipinski definition) is 2. The van der Waals surface area contributed by atoms with Crippen LogP contribution in [0.4, 0.5) is 10.2 Å². The Kier molecular flexibility index (Phi) is 6.78. The fourth-order valence-corrected chi connectivity index (χ4v) is 2.18. The second-order valence-electron chi connectivity index (χ2n) is 5.41. The Morgan fingerprint density at radius 2 is 2.16 bits per heavy atom. The number of rotatable bonds is 8. The predicted octanol–water partition coefficient (Wildman–Crippen LogP) is 2.92. The fourth-order valence-electron chi connectivity index (χ4n) is 2.18. The summed E-state index contributed by atoms with van der Waals surface area (Å²) in [5.41, 5.74) is 6.58. The van der Waals surface area contributed by atoms with Gasteiger partial charge in [-0.2, -0.15) is 4.39 Å². The van der Waals surface area contributed by atoms with Crippen molar-refractivity contribution >= 4 is 11.7 Å². The van der Waals surface area contributed by atoms with Crippen LogP contribution in [0.2, 0.25) is 0 Å². The lowest BCUT2D eigenvalue weighted by molar-refractivity contribution is 0.0951. The molecule has 130 valence electrons. The number of carbonyl (C=O) groups excluding carboxylic acids is 1. The van der Waals surface area contributed by atoms with E-state index in [1.807, 2.05) is 24.3 Å². The molecule has 1 aromatic carbocycles. The molecule has 0 bridgehead atoms. The Bertz CT molecular complexity index is 772. The molecule has 0 saturated carbocycles. The first-order valence-corrected chi connectivity index (χ1v) is 7.95. The molecule has 0 unspecified atom stereocenters. The van der Waals surface area contributed by atoms with Crippen molar-refractivity contribution in [1.82, 2.24) is 10.3 Å². The number of amides is 1. The molecular formula is C19H20FN3O2. The van der Waals surface area contributed by atoms with Crippen molar-refractivity contribution in [3.63, 3.8) is 0 Å². The van der Waals surface area contributed by atoms with Gasteiger partial charge < -0.3 is 15.8 Å². The second-order valence-corrected chi connectivity index (χ2v) is 5.41. The van der Waals surface area contributed by atoms with Crippen molar-refractivity contribution < 1.29 is 13.9 Å². The van der Waals surface area contributed by atoms with Gasteiger partial charge in [0, 0.05) is 13.0 Å². The molecule has 1 heterocycles. The standard InChI is InChI=1S/C19H20FN3O2/c1-2-3-4-5-11-25-15-8-6-7-14(12-15)13-22-19(24)16-9-10-17(20)23-18(16)21/h1,6-10,12H,3-5,11,13H2,(H2,21,23)(H,22,24). The minimum atomic E-state index is -0.721. The van der Waals surface area contributed by atoms with E-state index >= 15 is 0 Å². The summed E-state index contributed by atoms with van der Waals surface area (Å²) in [7, 11) is 0. The molecule has 0 saturated heterocycles. The normalized spacial score (nSPS) is 10.1. The van der Waals surface area contributed by atoms with Crippen LogP contribution in [-0.4, -0.2) is 17.5 Å². The maximum absolute atomic E-state index is 12.9. The number of terminal acetylenes is 1. The van der Waals surface area contributed by atoms with Crippen molar-refractivity contribution in [2.24, 2.45) is 0 Å². The van der Waals surface area contributed by atoms with Gasteiger partial charge in [0.1, 0.15) is 11.6 Å². The van der Waals surface area contributed by atoms with Gasteiger partial charge in [-0.15, -0.1) is 12.3 Å². The van der Waals surface area contributed by atoms with Crippen molar-refractivity contribution in [3.8, 4) is 18.1 Å². The molecular weight excluding hydrogens is 321 g/mol. The van der Waals surface area contributed by atoms with Gasteiger partial charge in [-0.3, -0.25) is 4.79 Å². The van der Waals surface area contributed by atoms with Gasteiger partial charge in [-0.05, 0) is 42.7 Å². The maximum Gasteiger partial charge on any atom is 0.255 e. The summed E-state index contributed by atoms with van der Waals surface area (Å²) in [6.07, 6.45) is 7.77. The molecule has 0 fully saturated rings. The molecule has 0 aliphatic carbocycles. The predicted molar refractivity (Wildman–Crippen MR) is 94.4 cm³/mol. The van der Waals surface area contributed by atoms with Gasteiger partial charge in [0.15, 0.2) is 0 Å². The third kappa shape index (κ3) is 5.81. The Morgan fingerprint density at radius 1 is 1.32 bits per heavy atom. The lowest BCUT2D eigenvalue weighted by Crippen LogP contribution is -2.24. The molecule has 2 rings (SSSR count). The van der Waals surface area contributed by atoms with Gasteiger partial charge >= 0.3 is 0 Å². The zero-order valence-corrected chi connectivity index (χ0v) is 13.8. The number of nitrogens with one attached hydrogen (secondary N) is 1. The first-order valence-electron chi connectivity index (χ1n) is 7.95. The molecule has 0 radical (unpaired) electrons. The second kappa shape index (κ2) is 9.28. The van der Waals surface area contributed by atoms with Gasteiger partial charge in [0.05, 0.1) is 12.2 Å². The van der Waals surface area contributed by atoms with E-state index < -0.39 is 11.9 Å². The molecule has 3 N–H and O–H groups in total. The number of anilines is 1. The maximum atomic E-state index is 12.9. The Hall–Kier alpha value is -3.07. The number of pyridine rings is 1. The summed E-state index contributed by atoms with van der Waals surface area (Å²) in [6, 6.07) is 9.84. The van der Waals surface area contributed by atoms with E-state index in [0.717, 1.165) is 36.6 Å². The van der Waals surface area contributed by atoms with Gasteiger partial charge in [-0.1, -0.05) is 12.1 Å². The Labute approximate surface area is 146 Å². The number of nitrogens with zero attached hydrogens (tertiary/aromatic N) is 1. The first kappa shape index (κ1) is 18.3. The molecule has 0 atom stereocenters. The minimum absolute atomic E-state index is 0.137. The number of benzene rings is 1. The van der Waals surface area contributed by atoms with Gasteiger partial charge in [0.25, 0.3) is 5.91 Å². The first-order chi connectivity index (χ1) is 12.1. The van der Waals surface area contributed by atoms with E-state index in [9.17, 15) is 9.18 Å². The summed E-state index contributed by atoms with van der Waals surface area (Å²) in [5.74, 6) is 2.06. The summed E-state index contributed by atoms with van der Waals surface area (Å²) >= 11 is 0. The zero-order valence-electron chi connectivity index (χ0n) is 13.8. The number of aromatic nitrogens is 1. The van der Waals surface area contributed by atoms with E-state index in [1.54, 1.807) is 0 Å². The lowest BCUT2D eigenvalue weighted by atomic mass is 10.2. The van der Waals surface area contributed by atoms with E-state index in [2.05, 4.69) is 16.2 Å². The van der Waals surface area contributed by atoms with Crippen LogP contribution in [0.5, 0.6) is 5.75 Å². The molecule has 0 aliphatic heterocycles. The largest absolute Gasteiger partial charge is 0.494 e. The van der Waals surface area contributed by atoms with E-state index in [0.29, 0.717) is 13.2 Å². The highest BCUT2D eigenvalue weighted by Gasteiger charge is 2.11. The van der Waals surface area contributed by atoms with Crippen LogP contribution in [0.15, 0.2) is 36.4 Å². The third-order valence-corrected chi connectivity index (χ3v) is 3.47. The van der Waals surface area contributed by atoms with E-state index in [4.69, 9.17) is 16.9 Å². The van der Waals surface area contributed by atoms with Crippen LogP contribution in [-0.2, 0) is 6.54 Å². The highest BCUT2D eigenvalue weighted by Crippen LogP contribution is 2.15. The number of carbonyl (C=O) groups is 1. The van der Waals surface area contributed by atoms with Crippen LogP contribution in [0.3, 0.4) is 0 Å². The molecule has 1 amide bonds. The molecule has 0 spiro atoms. The average Bonchev–Trinajstić information content (AvgIpc) is 2.60. The topological polar surface area (TPSA) is 77.2 Å². The fraction of sp³-hybridized carbons (Fsp3) is 0.263. The van der Waals surface area contributed by atoms with Crippen LogP contribution in [0.25, 0.3) is 0 Å². The number of hydrogen-bond acceptors (Lipinski definition) is 4. The van der Waals surface area contributed by atoms with Gasteiger partial charge in [-0.25, -0.2) is 4.98 Å². The highest BCUT2D eigenvalue weighted by atomic mass is 19.1. The van der Waals surface area contributed by atoms with Crippen LogP contribution >= 0.6 is 0 Å². The monoisotopic (exact) mass is 341 g/mol. The van der Waals surface area contributed by atoms with Gasteiger partial charge in [0.2, 0.25) is 5.95 Å². The summed E-state index contributed by atoms with van der Waals surface area (Å²) in [5, 5.41) is 2.73. The zero-order chi connectivity index (χ0) is 18.1. The number of halogens is 1. The molecule has 25 heavy (non-hydrogen) atoms. The SMILES string of the molecule is C#CCCCCOc1cccc(CNC(=O)c2ccc(F)nc2N)c1. The molecule has 1 aromatic heterocycles. The summed E-state index contributed by atoms with van der Waals surface area (Å²) in [6.45, 7) is 0.888. The molecule has 2 aromatic rings. The summed E-state index contributed by atoms with van der Waals surface area (Å²) in [4.78, 5) is 15.5. The van der Waals surface area contributed by atoms with Crippen LogP contribution in [0, 0.1) is 18.3 Å². The van der Waals surface area contributed by atoms with E-state index in [-0.39, 0.29) is 11.4 Å². The van der Waals surface area contributed by atoms with Crippen LogP contribution < -0.4 is 15.8 Å². The van der Waals surface area contributed by atoms with Crippen LogP contribution in [0.1, 0.15) is 35.2 Å². The number of nitrogen functional groups attached to an aromatic ring is 1. The molecule has 6 heteroatoms. The lowest BCUT2D eigenvalue weighted by Gasteiger charge is -2.09. The van der Waals surface area contributed by atoms with Crippen molar-refractivity contribution in [3.05, 3.63) is 53.5 Å². The number of ether oxygens (including phenoxy) is 1. The van der Waals surface area contributed by atoms with Crippen molar-refractivity contribution in [2.75, 3.05) is 12.3 Å². The highest BCUT2D eigenvalue weighted by molar-refractivity contribution is 5.98. The number of unbranched alkanes of at least 4 members (excludes halogenated alkanes) is 2. The van der Waals surface area contributed by atoms with Crippen molar-refractivity contribution in [1.29, 1.82) is 0 Å². The van der Waals surface area contributed by atoms with E-state index in [1.165, 1.54) is 6.07 Å². The average molecular weight is 341 g/mol. The number of nitrogens with two attached hydrogens (primary N) is 1. The quantitative estimate of drug-likeness (QED) is 0.440. The smallest absolute Gasteiger partial charge is 0.255 e. The molecule has 0 aliphatic rings. The summed E-state index contributed by atoms with van der Waals surface area (Å²) < 4.78 is 18.6. The third-order valence-electron chi connectivity index (χ3n) is 3.47. The minimum Gasteiger partial charge on any atom is -0.494 e.